The average Bonchev–Trinajstić information content (AvgIpc) is 2.59. The molecule has 6 nitrogen and oxygen atoms in total. The summed E-state index contributed by atoms with van der Waals surface area (Å²) < 4.78 is 43.6. The molecule has 2 heterocycles. The van der Waals surface area contributed by atoms with Crippen molar-refractivity contribution in [1.29, 1.82) is 0 Å². The van der Waals surface area contributed by atoms with Gasteiger partial charge in [-0.3, -0.25) is 0 Å². The molecule has 1 fully saturated rings. The number of hydrogen-bond donors (Lipinski definition) is 1. The number of hydrogen-bond acceptors (Lipinski definition) is 4. The average molecular weight is 360 g/mol. The van der Waals surface area contributed by atoms with Crippen LogP contribution >= 0.6 is 0 Å². The van der Waals surface area contributed by atoms with Crippen molar-refractivity contribution < 1.29 is 22.7 Å². The van der Waals surface area contributed by atoms with Crippen molar-refractivity contribution >= 4 is 6.03 Å². The van der Waals surface area contributed by atoms with Crippen LogP contribution in [0.25, 0.3) is 0 Å². The Hall–Kier alpha value is -2.06. The fourth-order valence-corrected chi connectivity index (χ4v) is 2.68. The Labute approximate surface area is 144 Å². The van der Waals surface area contributed by atoms with Crippen molar-refractivity contribution in [1.82, 2.24) is 20.2 Å². The predicted octanol–water partition coefficient (Wildman–Crippen LogP) is 3.24. The lowest BCUT2D eigenvalue weighted by Gasteiger charge is -2.33. The van der Waals surface area contributed by atoms with E-state index < -0.39 is 18.0 Å². The maximum absolute atomic E-state index is 12.7. The quantitative estimate of drug-likeness (QED) is 0.875. The summed E-state index contributed by atoms with van der Waals surface area (Å²) in [7, 11) is 0. The lowest BCUT2D eigenvalue weighted by molar-refractivity contribution is -0.141. The van der Waals surface area contributed by atoms with Crippen LogP contribution < -0.4 is 10.1 Å². The minimum atomic E-state index is -4.55. The van der Waals surface area contributed by atoms with Gasteiger partial charge in [0.15, 0.2) is 5.69 Å². The molecule has 2 amide bonds. The summed E-state index contributed by atoms with van der Waals surface area (Å²) in [4.78, 5) is 21.1. The number of carbonyl (C=O) groups is 1. The number of likely N-dealkylation sites (tertiary alicyclic amines) is 1. The number of rotatable bonds is 5. The number of nitrogens with zero attached hydrogens (tertiary/aromatic N) is 3. The van der Waals surface area contributed by atoms with E-state index in [1.54, 1.807) is 4.90 Å². The first-order valence-electron chi connectivity index (χ1n) is 8.45. The Balaban J connectivity index is 1.96. The Morgan fingerprint density at radius 3 is 2.80 bits per heavy atom. The largest absolute Gasteiger partial charge is 0.458 e. The lowest BCUT2D eigenvalue weighted by Crippen LogP contribution is -2.50. The maximum atomic E-state index is 12.7. The molecule has 0 bridgehead atoms. The van der Waals surface area contributed by atoms with Gasteiger partial charge in [-0.15, -0.1) is 0 Å². The summed E-state index contributed by atoms with van der Waals surface area (Å²) in [5, 5.41) is 2.95. The molecule has 0 aromatic carbocycles. The molecule has 2 rings (SSSR count). The third-order valence-electron chi connectivity index (χ3n) is 4.17. The monoisotopic (exact) mass is 360 g/mol. The Bertz CT molecular complexity index is 579. The molecular formula is C16H23F3N4O2. The SMILES string of the molecule is CCC(CC)NC(=O)N1CCCC(Oc2nccc(C(F)(F)F)n2)C1. The Kier molecular flexibility index (Phi) is 6.44. The first-order valence-corrected chi connectivity index (χ1v) is 8.45. The van der Waals surface area contributed by atoms with E-state index in [1.165, 1.54) is 0 Å². The second kappa shape index (κ2) is 8.35. The highest BCUT2D eigenvalue weighted by molar-refractivity contribution is 5.74. The zero-order chi connectivity index (χ0) is 18.4. The van der Waals surface area contributed by atoms with Crippen LogP contribution in [0.5, 0.6) is 6.01 Å². The third-order valence-corrected chi connectivity index (χ3v) is 4.17. The van der Waals surface area contributed by atoms with E-state index in [-0.39, 0.29) is 18.1 Å². The fourth-order valence-electron chi connectivity index (χ4n) is 2.68. The van der Waals surface area contributed by atoms with E-state index in [0.29, 0.717) is 25.9 Å². The van der Waals surface area contributed by atoms with Gasteiger partial charge in [0.2, 0.25) is 0 Å². The zero-order valence-electron chi connectivity index (χ0n) is 14.3. The number of halogens is 3. The zero-order valence-corrected chi connectivity index (χ0v) is 14.3. The standard InChI is InChI=1S/C16H23F3N4O2/c1-3-11(4-2)21-15(24)23-9-5-6-12(10-23)25-14-20-8-7-13(22-14)16(17,18)19/h7-8,11-12H,3-6,9-10H2,1-2H3,(H,21,24). The lowest BCUT2D eigenvalue weighted by atomic mass is 10.1. The number of alkyl halides is 3. The number of nitrogens with one attached hydrogen (secondary N) is 1. The summed E-state index contributed by atoms with van der Waals surface area (Å²) in [5.74, 6) is 0. The third kappa shape index (κ3) is 5.47. The summed E-state index contributed by atoms with van der Waals surface area (Å²) in [6, 6.07) is 0.415. The number of aromatic nitrogens is 2. The van der Waals surface area contributed by atoms with E-state index >= 15 is 0 Å². The second-order valence-corrected chi connectivity index (χ2v) is 6.01. The molecule has 1 N–H and O–H groups in total. The summed E-state index contributed by atoms with van der Waals surface area (Å²) in [5.41, 5.74) is -1.04. The molecule has 0 saturated carbocycles. The topological polar surface area (TPSA) is 67.4 Å². The van der Waals surface area contributed by atoms with Gasteiger partial charge in [0.25, 0.3) is 0 Å². The highest BCUT2D eigenvalue weighted by atomic mass is 19.4. The Morgan fingerprint density at radius 1 is 1.44 bits per heavy atom. The Morgan fingerprint density at radius 2 is 2.16 bits per heavy atom. The van der Waals surface area contributed by atoms with E-state index in [1.807, 2.05) is 13.8 Å². The van der Waals surface area contributed by atoms with E-state index in [0.717, 1.165) is 25.1 Å². The molecule has 0 spiro atoms. The maximum Gasteiger partial charge on any atom is 0.433 e. The van der Waals surface area contributed by atoms with E-state index in [4.69, 9.17) is 4.74 Å². The predicted molar refractivity (Wildman–Crippen MR) is 85.2 cm³/mol. The summed E-state index contributed by atoms with van der Waals surface area (Å²) in [6.07, 6.45) is -0.929. The highest BCUT2D eigenvalue weighted by Gasteiger charge is 2.33. The minimum absolute atomic E-state index is 0.112. The smallest absolute Gasteiger partial charge is 0.433 e. The van der Waals surface area contributed by atoms with Crippen LogP contribution in [0.15, 0.2) is 12.3 Å². The first-order chi connectivity index (χ1) is 11.8. The molecule has 25 heavy (non-hydrogen) atoms. The van der Waals surface area contributed by atoms with Crippen molar-refractivity contribution in [3.8, 4) is 6.01 Å². The number of amides is 2. The number of urea groups is 1. The van der Waals surface area contributed by atoms with Crippen molar-refractivity contribution in [2.45, 2.75) is 57.9 Å². The molecule has 1 atom stereocenters. The molecule has 1 saturated heterocycles. The molecule has 1 aliphatic rings. The van der Waals surface area contributed by atoms with Crippen LogP contribution in [0.2, 0.25) is 0 Å². The summed E-state index contributed by atoms with van der Waals surface area (Å²) in [6.45, 7) is 4.89. The van der Waals surface area contributed by atoms with Crippen molar-refractivity contribution in [3.63, 3.8) is 0 Å². The number of carbonyl (C=O) groups excluding carboxylic acids is 1. The highest BCUT2D eigenvalue weighted by Crippen LogP contribution is 2.28. The molecule has 9 heteroatoms. The van der Waals surface area contributed by atoms with Gasteiger partial charge >= 0.3 is 18.2 Å². The van der Waals surface area contributed by atoms with E-state index in [2.05, 4.69) is 15.3 Å². The fraction of sp³-hybridized carbons (Fsp3) is 0.688. The molecule has 1 aromatic rings. The van der Waals surface area contributed by atoms with Crippen molar-refractivity contribution in [2.24, 2.45) is 0 Å². The van der Waals surface area contributed by atoms with Gasteiger partial charge in [0, 0.05) is 18.8 Å². The number of piperidine rings is 1. The normalized spacial score (nSPS) is 18.3. The van der Waals surface area contributed by atoms with Gasteiger partial charge in [-0.25, -0.2) is 9.78 Å². The van der Waals surface area contributed by atoms with Crippen LogP contribution in [0.1, 0.15) is 45.2 Å². The molecule has 140 valence electrons. The van der Waals surface area contributed by atoms with Gasteiger partial charge in [-0.1, -0.05) is 13.8 Å². The van der Waals surface area contributed by atoms with Crippen LogP contribution in [0, 0.1) is 0 Å². The second-order valence-electron chi connectivity index (χ2n) is 6.01. The van der Waals surface area contributed by atoms with Gasteiger partial charge in [0.1, 0.15) is 6.10 Å². The first kappa shape index (κ1) is 19.3. The van der Waals surface area contributed by atoms with Crippen molar-refractivity contribution in [2.75, 3.05) is 13.1 Å². The van der Waals surface area contributed by atoms with Crippen LogP contribution in [-0.4, -0.2) is 46.1 Å². The van der Waals surface area contributed by atoms with Gasteiger partial charge in [-0.05, 0) is 31.7 Å². The van der Waals surface area contributed by atoms with Crippen LogP contribution in [-0.2, 0) is 6.18 Å². The molecule has 1 aromatic heterocycles. The van der Waals surface area contributed by atoms with Crippen molar-refractivity contribution in [3.05, 3.63) is 18.0 Å². The van der Waals surface area contributed by atoms with Gasteiger partial charge < -0.3 is 15.0 Å². The molecule has 1 aliphatic heterocycles. The molecular weight excluding hydrogens is 337 g/mol. The van der Waals surface area contributed by atoms with Crippen LogP contribution in [0.3, 0.4) is 0 Å². The van der Waals surface area contributed by atoms with Gasteiger partial charge in [0.05, 0.1) is 6.54 Å². The van der Waals surface area contributed by atoms with Gasteiger partial charge in [-0.2, -0.15) is 18.2 Å². The molecule has 0 aliphatic carbocycles. The minimum Gasteiger partial charge on any atom is -0.458 e. The number of ether oxygens (including phenoxy) is 1. The van der Waals surface area contributed by atoms with E-state index in [9.17, 15) is 18.0 Å². The molecule has 0 radical (unpaired) electrons. The molecule has 1 unspecified atom stereocenters. The summed E-state index contributed by atoms with van der Waals surface area (Å²) >= 11 is 0. The van der Waals surface area contributed by atoms with Crippen LogP contribution in [0.4, 0.5) is 18.0 Å².